The molecule has 0 aliphatic rings. The van der Waals surface area contributed by atoms with Gasteiger partial charge in [-0.25, -0.2) is 0 Å². The summed E-state index contributed by atoms with van der Waals surface area (Å²) in [4.78, 5) is 77.5. The van der Waals surface area contributed by atoms with Gasteiger partial charge in [0, 0.05) is 25.7 Å². The number of carboxylic acids is 8. The lowest BCUT2D eigenvalue weighted by molar-refractivity contribution is -0.147. The summed E-state index contributed by atoms with van der Waals surface area (Å²) in [6, 6.07) is 0. The van der Waals surface area contributed by atoms with Crippen LogP contribution in [0.3, 0.4) is 0 Å². The van der Waals surface area contributed by atoms with Crippen LogP contribution in [0.15, 0.2) is 0 Å². The lowest BCUT2D eigenvalue weighted by Gasteiger charge is -1.92. The second-order valence-electron chi connectivity index (χ2n) is 5.89. The minimum atomic E-state index is -1.31. The van der Waals surface area contributed by atoms with Crippen LogP contribution in [0.2, 0.25) is 0 Å². The summed E-state index contributed by atoms with van der Waals surface area (Å²) in [5, 5.41) is 63.5. The molecule has 16 nitrogen and oxygen atoms in total. The van der Waals surface area contributed by atoms with E-state index in [4.69, 9.17) is 40.9 Å². The fourth-order valence-corrected chi connectivity index (χ4v) is 1.29. The van der Waals surface area contributed by atoms with Crippen LogP contribution < -0.4 is 0 Å². The molecular formula is C18H28O16. The Morgan fingerprint density at radius 1 is 0.294 bits per heavy atom. The lowest BCUT2D eigenvalue weighted by Crippen LogP contribution is -2.03. The molecule has 0 atom stereocenters. The molecule has 0 aromatic carbocycles. The van der Waals surface area contributed by atoms with E-state index in [1.165, 1.54) is 0 Å². The maximum atomic E-state index is 9.90. The molecule has 0 aliphatic heterocycles. The average Bonchev–Trinajstić information content (AvgIpc) is 2.63. The van der Waals surface area contributed by atoms with Crippen LogP contribution in [0.25, 0.3) is 0 Å². The normalized spacial score (nSPS) is 8.71. The van der Waals surface area contributed by atoms with Crippen LogP contribution in [0, 0.1) is 0 Å². The van der Waals surface area contributed by atoms with Crippen LogP contribution in [0.5, 0.6) is 0 Å². The zero-order valence-corrected chi connectivity index (χ0v) is 17.9. The van der Waals surface area contributed by atoms with Crippen molar-refractivity contribution in [1.29, 1.82) is 0 Å². The predicted molar refractivity (Wildman–Crippen MR) is 107 cm³/mol. The summed E-state index contributed by atoms with van der Waals surface area (Å²) < 4.78 is 0. The Morgan fingerprint density at radius 3 is 0.647 bits per heavy atom. The van der Waals surface area contributed by atoms with Gasteiger partial charge in [0.15, 0.2) is 0 Å². The van der Waals surface area contributed by atoms with Gasteiger partial charge in [0.25, 0.3) is 0 Å². The molecule has 0 saturated carbocycles. The Hall–Kier alpha value is -4.24. The highest BCUT2D eigenvalue weighted by molar-refractivity contribution is 5.88. The number of carbonyl (C=O) groups is 8. The van der Waals surface area contributed by atoms with E-state index in [2.05, 4.69) is 0 Å². The first-order valence-corrected chi connectivity index (χ1v) is 9.25. The van der Waals surface area contributed by atoms with E-state index >= 15 is 0 Å². The predicted octanol–water partition coefficient (Wildman–Crippen LogP) is 0.523. The van der Waals surface area contributed by atoms with Crippen molar-refractivity contribution in [3.63, 3.8) is 0 Å². The van der Waals surface area contributed by atoms with E-state index < -0.39 is 54.2 Å². The summed E-state index contributed by atoms with van der Waals surface area (Å²) in [6.07, 6.45) is -0.294. The van der Waals surface area contributed by atoms with Gasteiger partial charge < -0.3 is 40.9 Å². The number of unbranched alkanes of at least 4 members (excludes halogenated alkanes) is 1. The van der Waals surface area contributed by atoms with Gasteiger partial charge in [-0.2, -0.15) is 0 Å². The third-order valence-corrected chi connectivity index (χ3v) is 2.67. The van der Waals surface area contributed by atoms with Crippen molar-refractivity contribution in [3.8, 4) is 0 Å². The van der Waals surface area contributed by atoms with Gasteiger partial charge in [-0.1, -0.05) is 0 Å². The van der Waals surface area contributed by atoms with E-state index in [0.717, 1.165) is 0 Å². The Labute approximate surface area is 192 Å². The van der Waals surface area contributed by atoms with Gasteiger partial charge in [0.2, 0.25) is 0 Å². The summed E-state index contributed by atoms with van der Waals surface area (Å²) in [7, 11) is 0. The summed E-state index contributed by atoms with van der Waals surface area (Å²) in [6.45, 7) is 0. The van der Waals surface area contributed by atoms with Crippen molar-refractivity contribution < 1.29 is 79.2 Å². The van der Waals surface area contributed by atoms with Crippen molar-refractivity contribution in [2.75, 3.05) is 0 Å². The largest absolute Gasteiger partial charge is 0.481 e. The van der Waals surface area contributed by atoms with E-state index in [9.17, 15) is 38.4 Å². The first-order chi connectivity index (χ1) is 15.5. The van der Waals surface area contributed by atoms with Crippen LogP contribution in [0.1, 0.15) is 64.2 Å². The zero-order valence-electron chi connectivity index (χ0n) is 17.9. The van der Waals surface area contributed by atoms with Crippen LogP contribution in [0.4, 0.5) is 0 Å². The van der Waals surface area contributed by atoms with E-state index in [0.29, 0.717) is 12.8 Å². The van der Waals surface area contributed by atoms with Crippen molar-refractivity contribution in [3.05, 3.63) is 0 Å². The minimum Gasteiger partial charge on any atom is -0.481 e. The van der Waals surface area contributed by atoms with Gasteiger partial charge in [-0.05, 0) is 19.3 Å². The number of rotatable bonds is 14. The summed E-state index contributed by atoms with van der Waals surface area (Å²) in [5.74, 6) is -8.41. The van der Waals surface area contributed by atoms with Gasteiger partial charge in [0.1, 0.15) is 6.42 Å². The third-order valence-electron chi connectivity index (χ3n) is 2.67. The Kier molecular flexibility index (Phi) is 27.3. The Morgan fingerprint density at radius 2 is 0.500 bits per heavy atom. The van der Waals surface area contributed by atoms with Crippen molar-refractivity contribution in [1.82, 2.24) is 0 Å². The van der Waals surface area contributed by atoms with Crippen molar-refractivity contribution >= 4 is 47.8 Å². The molecular weight excluding hydrogens is 472 g/mol. The molecule has 16 heteroatoms. The summed E-state index contributed by atoms with van der Waals surface area (Å²) >= 11 is 0. The van der Waals surface area contributed by atoms with Gasteiger partial charge in [-0.15, -0.1) is 0 Å². The molecule has 0 aliphatic carbocycles. The highest BCUT2D eigenvalue weighted by Crippen LogP contribution is 1.98. The fourth-order valence-electron chi connectivity index (χ4n) is 1.29. The molecule has 0 saturated heterocycles. The maximum absolute atomic E-state index is 9.90. The first-order valence-electron chi connectivity index (χ1n) is 9.25. The maximum Gasteiger partial charge on any atom is 0.314 e. The molecule has 196 valence electrons. The topological polar surface area (TPSA) is 298 Å². The molecule has 0 rings (SSSR count). The molecule has 0 unspecified atom stereocenters. The van der Waals surface area contributed by atoms with Gasteiger partial charge in [0.05, 0.1) is 12.8 Å². The van der Waals surface area contributed by atoms with E-state index in [1.807, 2.05) is 0 Å². The number of aliphatic carboxylic acids is 8. The highest BCUT2D eigenvalue weighted by Gasteiger charge is 2.02. The monoisotopic (exact) mass is 500 g/mol. The van der Waals surface area contributed by atoms with E-state index in [-0.39, 0.29) is 44.9 Å². The molecule has 0 spiro atoms. The van der Waals surface area contributed by atoms with Crippen LogP contribution in [-0.4, -0.2) is 88.6 Å². The second-order valence-corrected chi connectivity index (χ2v) is 5.89. The van der Waals surface area contributed by atoms with Gasteiger partial charge in [-0.3, -0.25) is 38.4 Å². The average molecular weight is 500 g/mol. The molecule has 0 fully saturated rings. The van der Waals surface area contributed by atoms with Crippen LogP contribution in [-0.2, 0) is 38.4 Å². The molecule has 34 heavy (non-hydrogen) atoms. The van der Waals surface area contributed by atoms with Gasteiger partial charge >= 0.3 is 47.8 Å². The van der Waals surface area contributed by atoms with Crippen molar-refractivity contribution in [2.45, 2.75) is 64.2 Å². The van der Waals surface area contributed by atoms with Crippen molar-refractivity contribution in [2.24, 2.45) is 0 Å². The van der Waals surface area contributed by atoms with Crippen LogP contribution >= 0.6 is 0 Å². The first kappa shape index (κ1) is 37.1. The second kappa shape index (κ2) is 25.0. The molecule has 0 heterocycles. The Bertz CT molecular complexity index is 625. The summed E-state index contributed by atoms with van der Waals surface area (Å²) in [5.41, 5.74) is 0. The molecule has 0 amide bonds. The number of carboxylic acid groups (broad SMARTS) is 8. The lowest BCUT2D eigenvalue weighted by atomic mass is 10.2. The minimum absolute atomic E-state index is 0.0628. The Balaban J connectivity index is -0.000000178. The molecule has 0 bridgehead atoms. The number of hydrogen-bond donors (Lipinski definition) is 8. The smallest absolute Gasteiger partial charge is 0.314 e. The SMILES string of the molecule is O=C(O)CC(=O)O.O=C(O)CCC(=O)O.O=C(O)CCCC(=O)O.O=C(O)CCCCC(=O)O. The molecule has 0 radical (unpaired) electrons. The molecule has 0 aromatic heterocycles. The highest BCUT2D eigenvalue weighted by atomic mass is 16.4. The fraction of sp³-hybridized carbons (Fsp3) is 0.556. The third kappa shape index (κ3) is 63.0. The standard InChI is InChI=1S/C6H10O4.C5H8O4.C4H6O4.C3H4O4/c7-5(8)3-1-2-4-6(9)10;6-4(7)2-1-3-5(8)9;5-3(6)1-2-4(7)8;4-2(5)1-3(6)7/h1-4H2,(H,7,8)(H,9,10);1-3H2,(H,6,7)(H,8,9);1-2H2,(H,5,6)(H,7,8);1H2,(H,4,5)(H,6,7). The number of hydrogen-bond acceptors (Lipinski definition) is 8. The zero-order chi connectivity index (χ0) is 27.7. The molecule has 0 aromatic rings. The van der Waals surface area contributed by atoms with E-state index in [1.54, 1.807) is 0 Å². The quantitative estimate of drug-likeness (QED) is 0.119. The molecule has 8 N–H and O–H groups in total.